The van der Waals surface area contributed by atoms with E-state index in [9.17, 15) is 14.9 Å². The normalized spacial score (nSPS) is 10.7. The molecule has 1 amide bonds. The predicted octanol–water partition coefficient (Wildman–Crippen LogP) is 5.23. The maximum atomic E-state index is 12.6. The van der Waals surface area contributed by atoms with E-state index in [0.717, 1.165) is 11.3 Å². The Morgan fingerprint density at radius 1 is 1.18 bits per heavy atom. The maximum Gasteiger partial charge on any atom is 0.292 e. The summed E-state index contributed by atoms with van der Waals surface area (Å²) < 4.78 is 12.9. The summed E-state index contributed by atoms with van der Waals surface area (Å²) in [5.74, 6) is 0.931. The summed E-state index contributed by atoms with van der Waals surface area (Å²) in [6, 6.07) is 18.1. The summed E-state index contributed by atoms with van der Waals surface area (Å²) in [7, 11) is 0. The second-order valence-electron chi connectivity index (χ2n) is 7.18. The molecule has 0 unspecified atom stereocenters. The van der Waals surface area contributed by atoms with Crippen LogP contribution in [0.15, 0.2) is 71.1 Å². The zero-order chi connectivity index (χ0) is 23.4. The van der Waals surface area contributed by atoms with Crippen molar-refractivity contribution in [3.8, 4) is 5.75 Å². The Balaban J connectivity index is 1.36. The number of amides is 1. The van der Waals surface area contributed by atoms with E-state index >= 15 is 0 Å². The molecule has 0 saturated carbocycles. The number of non-ortho nitro benzene ring substituents is 1. The van der Waals surface area contributed by atoms with Gasteiger partial charge in [0.15, 0.2) is 11.6 Å². The van der Waals surface area contributed by atoms with Gasteiger partial charge in [-0.1, -0.05) is 29.8 Å². The zero-order valence-electron chi connectivity index (χ0n) is 17.5. The molecule has 2 heterocycles. The number of nitrogens with zero attached hydrogens (tertiary/aromatic N) is 3. The van der Waals surface area contributed by atoms with Crippen molar-refractivity contribution in [2.45, 2.75) is 20.1 Å². The second-order valence-corrected chi connectivity index (χ2v) is 7.59. The quantitative estimate of drug-likeness (QED) is 0.281. The number of furan rings is 1. The van der Waals surface area contributed by atoms with Crippen LogP contribution in [0.5, 0.6) is 5.75 Å². The number of anilines is 1. The highest BCUT2D eigenvalue weighted by atomic mass is 35.5. The first-order valence-corrected chi connectivity index (χ1v) is 10.3. The standard InChI is InChI=1S/C23H19ClN4O5/c1-15-12-22(26-27(15)13-16-4-2-3-5-20(16)24)25-23(29)21-11-10-19(33-21)14-32-18-8-6-17(7-9-18)28(30)31/h2-12H,13-14H2,1H3,(H,25,26,29). The number of hydrogen-bond acceptors (Lipinski definition) is 6. The van der Waals surface area contributed by atoms with Gasteiger partial charge in [-0.05, 0) is 42.8 Å². The van der Waals surface area contributed by atoms with Crippen molar-refractivity contribution in [1.29, 1.82) is 0 Å². The van der Waals surface area contributed by atoms with E-state index < -0.39 is 10.8 Å². The molecule has 0 atom stereocenters. The van der Waals surface area contributed by atoms with Gasteiger partial charge in [0.1, 0.15) is 18.1 Å². The van der Waals surface area contributed by atoms with E-state index in [1.54, 1.807) is 16.8 Å². The Hall–Kier alpha value is -4.11. The van der Waals surface area contributed by atoms with Gasteiger partial charge in [0.05, 0.1) is 11.5 Å². The summed E-state index contributed by atoms with van der Waals surface area (Å²) in [5.41, 5.74) is 1.76. The van der Waals surface area contributed by atoms with Gasteiger partial charge in [-0.25, -0.2) is 0 Å². The Morgan fingerprint density at radius 2 is 1.94 bits per heavy atom. The van der Waals surface area contributed by atoms with E-state index in [2.05, 4.69) is 10.4 Å². The number of nitro benzene ring substituents is 1. The van der Waals surface area contributed by atoms with E-state index in [0.29, 0.717) is 28.9 Å². The summed E-state index contributed by atoms with van der Waals surface area (Å²) >= 11 is 6.22. The van der Waals surface area contributed by atoms with Gasteiger partial charge in [-0.2, -0.15) is 5.10 Å². The number of aryl methyl sites for hydroxylation is 1. The monoisotopic (exact) mass is 466 g/mol. The van der Waals surface area contributed by atoms with Crippen LogP contribution >= 0.6 is 11.6 Å². The van der Waals surface area contributed by atoms with Crippen LogP contribution in [0.4, 0.5) is 11.5 Å². The fourth-order valence-corrected chi connectivity index (χ4v) is 3.29. The van der Waals surface area contributed by atoms with Crippen LogP contribution in [0.25, 0.3) is 0 Å². The summed E-state index contributed by atoms with van der Waals surface area (Å²) in [6.45, 7) is 2.43. The lowest BCUT2D eigenvalue weighted by molar-refractivity contribution is -0.384. The average molecular weight is 467 g/mol. The van der Waals surface area contributed by atoms with Crippen molar-refractivity contribution in [2.24, 2.45) is 0 Å². The molecule has 4 aromatic rings. The largest absolute Gasteiger partial charge is 0.486 e. The molecule has 10 heteroatoms. The molecule has 33 heavy (non-hydrogen) atoms. The number of ether oxygens (including phenoxy) is 1. The van der Waals surface area contributed by atoms with Crippen molar-refractivity contribution in [3.05, 3.63) is 105 Å². The fraction of sp³-hybridized carbons (Fsp3) is 0.130. The van der Waals surface area contributed by atoms with Crippen LogP contribution in [0.3, 0.4) is 0 Å². The van der Waals surface area contributed by atoms with Gasteiger partial charge in [-0.3, -0.25) is 19.6 Å². The van der Waals surface area contributed by atoms with Gasteiger partial charge in [0.25, 0.3) is 11.6 Å². The fourth-order valence-electron chi connectivity index (χ4n) is 3.09. The first kappa shape index (κ1) is 22.1. The van der Waals surface area contributed by atoms with Crippen LogP contribution < -0.4 is 10.1 Å². The van der Waals surface area contributed by atoms with Gasteiger partial charge < -0.3 is 14.5 Å². The minimum absolute atomic E-state index is 0.0242. The Morgan fingerprint density at radius 3 is 2.67 bits per heavy atom. The highest BCUT2D eigenvalue weighted by Gasteiger charge is 2.15. The van der Waals surface area contributed by atoms with Crippen molar-refractivity contribution >= 4 is 29.0 Å². The highest BCUT2D eigenvalue weighted by molar-refractivity contribution is 6.31. The molecule has 0 fully saturated rings. The zero-order valence-corrected chi connectivity index (χ0v) is 18.3. The van der Waals surface area contributed by atoms with Crippen molar-refractivity contribution in [1.82, 2.24) is 9.78 Å². The summed E-state index contributed by atoms with van der Waals surface area (Å²) in [4.78, 5) is 22.8. The van der Waals surface area contributed by atoms with Gasteiger partial charge >= 0.3 is 0 Å². The molecule has 0 radical (unpaired) electrons. The first-order chi connectivity index (χ1) is 15.9. The topological polar surface area (TPSA) is 112 Å². The molecule has 2 aromatic heterocycles. The number of rotatable bonds is 8. The molecule has 2 aromatic carbocycles. The van der Waals surface area contributed by atoms with E-state index in [4.69, 9.17) is 20.8 Å². The summed E-state index contributed by atoms with van der Waals surface area (Å²) in [6.07, 6.45) is 0. The minimum Gasteiger partial charge on any atom is -0.486 e. The smallest absolute Gasteiger partial charge is 0.292 e. The van der Waals surface area contributed by atoms with Crippen molar-refractivity contribution < 1.29 is 18.9 Å². The van der Waals surface area contributed by atoms with Gasteiger partial charge in [0, 0.05) is 28.9 Å². The molecule has 9 nitrogen and oxygen atoms in total. The number of nitrogens with one attached hydrogen (secondary N) is 1. The van der Waals surface area contributed by atoms with Crippen molar-refractivity contribution in [3.63, 3.8) is 0 Å². The first-order valence-electron chi connectivity index (χ1n) is 9.94. The highest BCUT2D eigenvalue weighted by Crippen LogP contribution is 2.20. The number of carbonyl (C=O) groups is 1. The maximum absolute atomic E-state index is 12.6. The van der Waals surface area contributed by atoms with E-state index in [-0.39, 0.29) is 18.1 Å². The summed E-state index contributed by atoms with van der Waals surface area (Å²) in [5, 5.41) is 18.5. The molecule has 0 bridgehead atoms. The predicted molar refractivity (Wildman–Crippen MR) is 122 cm³/mol. The van der Waals surface area contributed by atoms with Crippen LogP contribution in [0, 0.1) is 17.0 Å². The number of benzene rings is 2. The third-order valence-electron chi connectivity index (χ3n) is 4.81. The second kappa shape index (κ2) is 9.58. The SMILES string of the molecule is Cc1cc(NC(=O)c2ccc(COc3ccc([N+](=O)[O-])cc3)o2)nn1Cc1ccccc1Cl. The van der Waals surface area contributed by atoms with Gasteiger partial charge in [0.2, 0.25) is 0 Å². The molecular weight excluding hydrogens is 448 g/mol. The lowest BCUT2D eigenvalue weighted by Crippen LogP contribution is -2.12. The number of hydrogen-bond donors (Lipinski definition) is 1. The molecule has 168 valence electrons. The number of halogens is 1. The lowest BCUT2D eigenvalue weighted by atomic mass is 10.2. The molecule has 0 spiro atoms. The van der Waals surface area contributed by atoms with Crippen LogP contribution in [-0.4, -0.2) is 20.6 Å². The van der Waals surface area contributed by atoms with E-state index in [1.807, 2.05) is 31.2 Å². The third kappa shape index (κ3) is 5.39. The Labute approximate surface area is 193 Å². The molecule has 4 rings (SSSR count). The minimum atomic E-state index is -0.484. The third-order valence-corrected chi connectivity index (χ3v) is 5.18. The number of nitro groups is 1. The Bertz CT molecular complexity index is 1300. The van der Waals surface area contributed by atoms with E-state index in [1.165, 1.54) is 30.3 Å². The number of carbonyl (C=O) groups excluding carboxylic acids is 1. The molecular formula is C23H19ClN4O5. The molecule has 0 aliphatic rings. The molecule has 0 aliphatic heterocycles. The van der Waals surface area contributed by atoms with Crippen molar-refractivity contribution in [2.75, 3.05) is 5.32 Å². The average Bonchev–Trinajstić information content (AvgIpc) is 3.41. The number of aromatic nitrogens is 2. The molecule has 0 saturated heterocycles. The van der Waals surface area contributed by atoms with Crippen LogP contribution in [-0.2, 0) is 13.2 Å². The Kier molecular flexibility index (Phi) is 6.41. The lowest BCUT2D eigenvalue weighted by Gasteiger charge is -2.06. The molecule has 1 N–H and O–H groups in total. The van der Waals surface area contributed by atoms with Crippen LogP contribution in [0.2, 0.25) is 5.02 Å². The van der Waals surface area contributed by atoms with Crippen LogP contribution in [0.1, 0.15) is 27.6 Å². The van der Waals surface area contributed by atoms with Gasteiger partial charge in [-0.15, -0.1) is 0 Å². The molecule has 0 aliphatic carbocycles.